The van der Waals surface area contributed by atoms with Gasteiger partial charge in [-0.15, -0.1) is 0 Å². The summed E-state index contributed by atoms with van der Waals surface area (Å²) in [5.74, 6) is 0. The summed E-state index contributed by atoms with van der Waals surface area (Å²) in [7, 11) is 1.55. The van der Waals surface area contributed by atoms with Gasteiger partial charge in [0.15, 0.2) is 5.65 Å². The highest BCUT2D eigenvalue weighted by Gasteiger charge is 2.04. The average molecular weight is 203 g/mol. The summed E-state index contributed by atoms with van der Waals surface area (Å²) in [6.07, 6.45) is 2.72. The van der Waals surface area contributed by atoms with Crippen molar-refractivity contribution < 1.29 is 4.74 Å². The van der Waals surface area contributed by atoms with Gasteiger partial charge in [0.1, 0.15) is 0 Å². The van der Waals surface area contributed by atoms with Crippen molar-refractivity contribution in [1.29, 1.82) is 0 Å². The van der Waals surface area contributed by atoms with E-state index in [2.05, 4.69) is 27.9 Å². The molecule has 15 heavy (non-hydrogen) atoms. The normalized spacial score (nSPS) is 10.6. The summed E-state index contributed by atoms with van der Waals surface area (Å²) in [6.45, 7) is 4.10. The van der Waals surface area contributed by atoms with Crippen molar-refractivity contribution >= 4 is 11.0 Å². The van der Waals surface area contributed by atoms with E-state index in [1.54, 1.807) is 13.3 Å². The standard InChI is InChI=1S/C11H13N3O/c1-4-8-5-9-6-12-11(15-3)14-10(9)13-7(8)2/h5-6H,4H2,1-3H3. The summed E-state index contributed by atoms with van der Waals surface area (Å²) in [5, 5.41) is 0.957. The number of rotatable bonds is 2. The second-order valence-electron chi connectivity index (χ2n) is 3.36. The molecule has 0 radical (unpaired) electrons. The molecule has 0 unspecified atom stereocenters. The molecule has 0 aliphatic carbocycles. The number of ether oxygens (including phenoxy) is 1. The molecule has 4 nitrogen and oxygen atoms in total. The van der Waals surface area contributed by atoms with Gasteiger partial charge >= 0.3 is 6.01 Å². The van der Waals surface area contributed by atoms with Crippen molar-refractivity contribution in [2.75, 3.05) is 7.11 Å². The molecule has 0 bridgehead atoms. The number of aromatic nitrogens is 3. The van der Waals surface area contributed by atoms with Crippen LogP contribution in [0.15, 0.2) is 12.3 Å². The summed E-state index contributed by atoms with van der Waals surface area (Å²) in [6, 6.07) is 2.44. The van der Waals surface area contributed by atoms with Gasteiger partial charge in [0.2, 0.25) is 0 Å². The van der Waals surface area contributed by atoms with Gasteiger partial charge in [-0.05, 0) is 25.0 Å². The zero-order valence-corrected chi connectivity index (χ0v) is 9.11. The third kappa shape index (κ3) is 1.75. The minimum absolute atomic E-state index is 0.360. The second kappa shape index (κ2) is 3.81. The second-order valence-corrected chi connectivity index (χ2v) is 3.36. The Labute approximate surface area is 88.3 Å². The molecule has 0 saturated carbocycles. The van der Waals surface area contributed by atoms with Gasteiger partial charge < -0.3 is 4.74 Å². The van der Waals surface area contributed by atoms with Crippen LogP contribution in [0, 0.1) is 6.92 Å². The lowest BCUT2D eigenvalue weighted by atomic mass is 10.1. The van der Waals surface area contributed by atoms with Gasteiger partial charge in [0.25, 0.3) is 0 Å². The van der Waals surface area contributed by atoms with Gasteiger partial charge in [-0.3, -0.25) is 0 Å². The molecule has 0 atom stereocenters. The summed E-state index contributed by atoms with van der Waals surface area (Å²) < 4.78 is 4.96. The molecule has 0 aromatic carbocycles. The molecule has 2 heterocycles. The van der Waals surface area contributed by atoms with E-state index in [0.29, 0.717) is 11.7 Å². The first-order valence-electron chi connectivity index (χ1n) is 4.92. The molecule has 78 valence electrons. The fraction of sp³-hybridized carbons (Fsp3) is 0.364. The number of hydrogen-bond donors (Lipinski definition) is 0. The highest BCUT2D eigenvalue weighted by molar-refractivity contribution is 5.74. The topological polar surface area (TPSA) is 47.9 Å². The smallest absolute Gasteiger partial charge is 0.318 e. The van der Waals surface area contributed by atoms with Crippen molar-refractivity contribution in [2.45, 2.75) is 20.3 Å². The van der Waals surface area contributed by atoms with Gasteiger partial charge in [-0.2, -0.15) is 4.98 Å². The lowest BCUT2D eigenvalue weighted by Gasteiger charge is -2.04. The highest BCUT2D eigenvalue weighted by Crippen LogP contribution is 2.16. The van der Waals surface area contributed by atoms with Crippen LogP contribution in [0.4, 0.5) is 0 Å². The average Bonchev–Trinajstić information content (AvgIpc) is 2.27. The van der Waals surface area contributed by atoms with Gasteiger partial charge in [-0.1, -0.05) is 6.92 Å². The third-order valence-corrected chi connectivity index (χ3v) is 2.41. The molecule has 0 aliphatic rings. The maximum absolute atomic E-state index is 4.96. The molecular weight excluding hydrogens is 190 g/mol. The zero-order valence-electron chi connectivity index (χ0n) is 9.11. The van der Waals surface area contributed by atoms with E-state index in [1.807, 2.05) is 6.92 Å². The third-order valence-electron chi connectivity index (χ3n) is 2.41. The molecule has 0 fully saturated rings. The van der Waals surface area contributed by atoms with Crippen molar-refractivity contribution in [3.8, 4) is 6.01 Å². The Bertz CT molecular complexity index is 496. The maximum Gasteiger partial charge on any atom is 0.318 e. The van der Waals surface area contributed by atoms with Crippen molar-refractivity contribution in [3.05, 3.63) is 23.5 Å². The fourth-order valence-corrected chi connectivity index (χ4v) is 1.54. The molecule has 0 aliphatic heterocycles. The Morgan fingerprint density at radius 1 is 1.33 bits per heavy atom. The largest absolute Gasteiger partial charge is 0.467 e. The number of nitrogens with zero attached hydrogens (tertiary/aromatic N) is 3. The van der Waals surface area contributed by atoms with Crippen LogP contribution in [-0.4, -0.2) is 22.1 Å². The van der Waals surface area contributed by atoms with E-state index in [4.69, 9.17) is 4.74 Å². The quantitative estimate of drug-likeness (QED) is 0.748. The van der Waals surface area contributed by atoms with E-state index < -0.39 is 0 Å². The fourth-order valence-electron chi connectivity index (χ4n) is 1.54. The minimum atomic E-state index is 0.360. The number of hydrogen-bond acceptors (Lipinski definition) is 4. The molecule has 4 heteroatoms. The Balaban J connectivity index is 2.65. The highest BCUT2D eigenvalue weighted by atomic mass is 16.5. The maximum atomic E-state index is 4.96. The van der Waals surface area contributed by atoms with E-state index >= 15 is 0 Å². The van der Waals surface area contributed by atoms with E-state index in [0.717, 1.165) is 17.5 Å². The lowest BCUT2D eigenvalue weighted by molar-refractivity contribution is 0.381. The van der Waals surface area contributed by atoms with Gasteiger partial charge in [-0.25, -0.2) is 9.97 Å². The first kappa shape index (κ1) is 9.83. The zero-order chi connectivity index (χ0) is 10.8. The van der Waals surface area contributed by atoms with Crippen molar-refractivity contribution in [3.63, 3.8) is 0 Å². The number of methoxy groups -OCH3 is 1. The molecule has 2 aromatic heterocycles. The Kier molecular flexibility index (Phi) is 2.49. The molecular formula is C11H13N3O. The lowest BCUT2D eigenvalue weighted by Crippen LogP contribution is -1.97. The van der Waals surface area contributed by atoms with Crippen molar-refractivity contribution in [1.82, 2.24) is 15.0 Å². The predicted octanol–water partition coefficient (Wildman–Crippen LogP) is 1.90. The Hall–Kier alpha value is -1.71. The van der Waals surface area contributed by atoms with Crippen molar-refractivity contribution in [2.24, 2.45) is 0 Å². The van der Waals surface area contributed by atoms with Crippen LogP contribution >= 0.6 is 0 Å². The number of fused-ring (bicyclic) bond motifs is 1. The van der Waals surface area contributed by atoms with Crippen LogP contribution in [0.1, 0.15) is 18.2 Å². The Morgan fingerprint density at radius 3 is 2.80 bits per heavy atom. The summed E-state index contributed by atoms with van der Waals surface area (Å²) in [5.41, 5.74) is 2.94. The summed E-state index contributed by atoms with van der Waals surface area (Å²) in [4.78, 5) is 12.7. The summed E-state index contributed by atoms with van der Waals surface area (Å²) >= 11 is 0. The molecule has 0 saturated heterocycles. The first-order chi connectivity index (χ1) is 7.24. The van der Waals surface area contributed by atoms with Crippen LogP contribution in [0.5, 0.6) is 6.01 Å². The van der Waals surface area contributed by atoms with Crippen LogP contribution in [0.2, 0.25) is 0 Å². The van der Waals surface area contributed by atoms with Crippen LogP contribution in [0.3, 0.4) is 0 Å². The van der Waals surface area contributed by atoms with Crippen LogP contribution in [0.25, 0.3) is 11.0 Å². The molecule has 0 N–H and O–H groups in total. The van der Waals surface area contributed by atoms with Gasteiger partial charge in [0.05, 0.1) is 7.11 Å². The first-order valence-corrected chi connectivity index (χ1v) is 4.92. The predicted molar refractivity (Wildman–Crippen MR) is 58.0 cm³/mol. The van der Waals surface area contributed by atoms with E-state index in [9.17, 15) is 0 Å². The monoisotopic (exact) mass is 203 g/mol. The SMILES string of the molecule is CCc1cc2cnc(OC)nc2nc1C. The van der Waals surface area contributed by atoms with E-state index in [1.165, 1.54) is 5.56 Å². The number of aryl methyl sites for hydroxylation is 2. The number of pyridine rings is 1. The molecule has 0 spiro atoms. The Morgan fingerprint density at radius 2 is 2.13 bits per heavy atom. The van der Waals surface area contributed by atoms with Gasteiger partial charge in [0, 0.05) is 17.3 Å². The molecule has 0 amide bonds. The van der Waals surface area contributed by atoms with Crippen LogP contribution in [-0.2, 0) is 6.42 Å². The minimum Gasteiger partial charge on any atom is -0.467 e. The molecule has 2 aromatic rings. The molecule has 2 rings (SSSR count). The van der Waals surface area contributed by atoms with E-state index in [-0.39, 0.29) is 0 Å². The van der Waals surface area contributed by atoms with Crippen LogP contribution < -0.4 is 4.74 Å².